The molecule has 0 radical (unpaired) electrons. The lowest BCUT2D eigenvalue weighted by Gasteiger charge is -2.21. The van der Waals surface area contributed by atoms with Crippen molar-refractivity contribution in [1.82, 2.24) is 10.3 Å². The van der Waals surface area contributed by atoms with Crippen molar-refractivity contribution in [3.63, 3.8) is 0 Å². The predicted octanol–water partition coefficient (Wildman–Crippen LogP) is 0.840. The number of aliphatic hydroxyl groups is 1. The van der Waals surface area contributed by atoms with Gasteiger partial charge in [-0.15, -0.1) is 11.3 Å². The fraction of sp³-hybridized carbons (Fsp3) is 0.667. The highest BCUT2D eigenvalue weighted by Gasteiger charge is 2.18. The van der Waals surface area contributed by atoms with Crippen LogP contribution in [-0.4, -0.2) is 29.1 Å². The zero-order valence-electron chi connectivity index (χ0n) is 11.1. The molecule has 18 heavy (non-hydrogen) atoms. The summed E-state index contributed by atoms with van der Waals surface area (Å²) >= 11 is 1.47. The first-order valence-electron chi connectivity index (χ1n) is 5.91. The Hall–Kier alpha value is -0.980. The van der Waals surface area contributed by atoms with Crippen LogP contribution in [0.1, 0.15) is 37.5 Å². The van der Waals surface area contributed by atoms with Crippen molar-refractivity contribution < 1.29 is 9.90 Å². The Morgan fingerprint density at radius 2 is 2.33 bits per heavy atom. The molecule has 1 amide bonds. The summed E-state index contributed by atoms with van der Waals surface area (Å²) in [6, 6.07) is -0.0971. The van der Waals surface area contributed by atoms with Gasteiger partial charge in [0.25, 0.3) is 0 Å². The van der Waals surface area contributed by atoms with Crippen LogP contribution in [0.25, 0.3) is 0 Å². The topological polar surface area (TPSA) is 88.2 Å². The molecule has 1 heterocycles. The lowest BCUT2D eigenvalue weighted by molar-refractivity contribution is -0.121. The van der Waals surface area contributed by atoms with Crippen molar-refractivity contribution in [3.05, 3.63) is 16.1 Å². The van der Waals surface area contributed by atoms with E-state index in [1.54, 1.807) is 0 Å². The highest BCUT2D eigenvalue weighted by atomic mass is 32.1. The molecule has 1 aromatic rings. The molecule has 0 fully saturated rings. The van der Waals surface area contributed by atoms with E-state index >= 15 is 0 Å². The number of aromatic nitrogens is 1. The first-order valence-corrected chi connectivity index (χ1v) is 6.79. The Bertz CT molecular complexity index is 402. The van der Waals surface area contributed by atoms with Crippen molar-refractivity contribution in [2.75, 3.05) is 13.2 Å². The summed E-state index contributed by atoms with van der Waals surface area (Å²) in [6.07, 6.45) is 0.255. The van der Waals surface area contributed by atoms with Crippen molar-refractivity contribution in [2.24, 2.45) is 11.1 Å². The summed E-state index contributed by atoms with van der Waals surface area (Å²) in [5, 5.41) is 14.6. The fourth-order valence-electron chi connectivity index (χ4n) is 1.23. The zero-order valence-corrected chi connectivity index (χ0v) is 11.9. The molecule has 0 saturated heterocycles. The average Bonchev–Trinajstić information content (AvgIpc) is 2.75. The second-order valence-electron chi connectivity index (χ2n) is 5.24. The maximum absolute atomic E-state index is 11.7. The van der Waals surface area contributed by atoms with Gasteiger partial charge in [0.15, 0.2) is 0 Å². The van der Waals surface area contributed by atoms with Crippen LogP contribution >= 0.6 is 11.3 Å². The van der Waals surface area contributed by atoms with E-state index < -0.39 is 0 Å². The third kappa shape index (κ3) is 4.72. The first-order chi connectivity index (χ1) is 8.34. The summed E-state index contributed by atoms with van der Waals surface area (Å²) in [5.41, 5.74) is 6.16. The Balaban J connectivity index is 2.44. The average molecular weight is 271 g/mol. The third-order valence-corrected chi connectivity index (χ3v) is 3.59. The molecule has 4 N–H and O–H groups in total. The number of nitrogens with zero attached hydrogens (tertiary/aromatic N) is 1. The molecule has 0 aliphatic rings. The predicted molar refractivity (Wildman–Crippen MR) is 72.3 cm³/mol. The number of amides is 1. The Morgan fingerprint density at radius 1 is 1.67 bits per heavy atom. The van der Waals surface area contributed by atoms with Gasteiger partial charge < -0.3 is 16.2 Å². The first kappa shape index (κ1) is 15.1. The van der Waals surface area contributed by atoms with Crippen molar-refractivity contribution in [3.8, 4) is 0 Å². The largest absolute Gasteiger partial charge is 0.396 e. The quantitative estimate of drug-likeness (QED) is 0.715. The summed E-state index contributed by atoms with van der Waals surface area (Å²) in [5.74, 6) is -0.0851. The lowest BCUT2D eigenvalue weighted by Crippen LogP contribution is -2.36. The van der Waals surface area contributed by atoms with Gasteiger partial charge in [0, 0.05) is 23.9 Å². The van der Waals surface area contributed by atoms with Crippen molar-refractivity contribution in [2.45, 2.75) is 33.2 Å². The molecule has 0 spiro atoms. The second-order valence-corrected chi connectivity index (χ2v) is 6.13. The molecular weight excluding hydrogens is 250 g/mol. The molecule has 1 atom stereocenters. The minimum Gasteiger partial charge on any atom is -0.396 e. The summed E-state index contributed by atoms with van der Waals surface area (Å²) < 4.78 is 0. The highest BCUT2D eigenvalue weighted by Crippen LogP contribution is 2.16. The van der Waals surface area contributed by atoms with Crippen LogP contribution in [0.2, 0.25) is 0 Å². The standard InChI is InChI=1S/C12H21N3O2S/c1-8(13)11-15-9(5-18-11)4-10(17)14-6-12(2,3)7-16/h5,8,16H,4,6-7,13H2,1-3H3,(H,14,17). The monoisotopic (exact) mass is 271 g/mol. The van der Waals surface area contributed by atoms with Gasteiger partial charge in [-0.1, -0.05) is 13.8 Å². The summed E-state index contributed by atoms with van der Waals surface area (Å²) in [6.45, 7) is 6.15. The second kappa shape index (κ2) is 6.26. The number of carbonyl (C=O) groups is 1. The van der Waals surface area contributed by atoms with Gasteiger partial charge in [0.1, 0.15) is 5.01 Å². The van der Waals surface area contributed by atoms with Crippen molar-refractivity contribution >= 4 is 17.2 Å². The molecule has 0 aromatic carbocycles. The number of rotatable bonds is 6. The van der Waals surface area contributed by atoms with E-state index in [2.05, 4.69) is 10.3 Å². The van der Waals surface area contributed by atoms with Crippen LogP contribution in [0.4, 0.5) is 0 Å². The SMILES string of the molecule is CC(N)c1nc(CC(=O)NCC(C)(C)CO)cs1. The molecule has 0 aliphatic heterocycles. The summed E-state index contributed by atoms with van der Waals surface area (Å²) in [4.78, 5) is 16.0. The minimum atomic E-state index is -0.297. The third-order valence-electron chi connectivity index (χ3n) is 2.49. The molecule has 5 nitrogen and oxygen atoms in total. The number of hydrogen-bond acceptors (Lipinski definition) is 5. The maximum Gasteiger partial charge on any atom is 0.226 e. The Morgan fingerprint density at radius 3 is 2.83 bits per heavy atom. The number of thiazole rings is 1. The molecule has 0 bridgehead atoms. The number of aliphatic hydroxyl groups excluding tert-OH is 1. The Labute approximate surface area is 111 Å². The minimum absolute atomic E-state index is 0.0405. The number of carbonyl (C=O) groups excluding carboxylic acids is 1. The molecular formula is C12H21N3O2S. The highest BCUT2D eigenvalue weighted by molar-refractivity contribution is 7.09. The van der Waals surface area contributed by atoms with E-state index in [1.165, 1.54) is 11.3 Å². The molecule has 1 aromatic heterocycles. The lowest BCUT2D eigenvalue weighted by atomic mass is 9.95. The van der Waals surface area contributed by atoms with Crippen LogP contribution in [0.5, 0.6) is 0 Å². The fourth-order valence-corrected chi connectivity index (χ4v) is 2.01. The zero-order chi connectivity index (χ0) is 13.8. The van der Waals surface area contributed by atoms with E-state index in [0.29, 0.717) is 6.54 Å². The van der Waals surface area contributed by atoms with Crippen LogP contribution in [0, 0.1) is 5.41 Å². The molecule has 0 aliphatic carbocycles. The van der Waals surface area contributed by atoms with Gasteiger partial charge in [0.05, 0.1) is 18.2 Å². The molecule has 102 valence electrons. The van der Waals surface area contributed by atoms with Crippen LogP contribution < -0.4 is 11.1 Å². The van der Waals surface area contributed by atoms with Crippen molar-refractivity contribution in [1.29, 1.82) is 0 Å². The molecule has 6 heteroatoms. The molecule has 0 saturated carbocycles. The van der Waals surface area contributed by atoms with Crippen LogP contribution in [-0.2, 0) is 11.2 Å². The van der Waals surface area contributed by atoms with E-state index in [1.807, 2.05) is 26.2 Å². The maximum atomic E-state index is 11.7. The van der Waals surface area contributed by atoms with Crippen LogP contribution in [0.3, 0.4) is 0 Å². The van der Waals surface area contributed by atoms with E-state index in [0.717, 1.165) is 10.7 Å². The molecule has 1 rings (SSSR count). The van der Waals surface area contributed by atoms with Gasteiger partial charge in [-0.2, -0.15) is 0 Å². The smallest absolute Gasteiger partial charge is 0.226 e. The van der Waals surface area contributed by atoms with E-state index in [4.69, 9.17) is 10.8 Å². The van der Waals surface area contributed by atoms with Gasteiger partial charge in [0.2, 0.25) is 5.91 Å². The van der Waals surface area contributed by atoms with Gasteiger partial charge in [-0.25, -0.2) is 4.98 Å². The van der Waals surface area contributed by atoms with Gasteiger partial charge >= 0.3 is 0 Å². The number of nitrogens with one attached hydrogen (secondary N) is 1. The number of hydrogen-bond donors (Lipinski definition) is 3. The normalized spacial score (nSPS) is 13.4. The van der Waals surface area contributed by atoms with E-state index in [9.17, 15) is 4.79 Å². The van der Waals surface area contributed by atoms with E-state index in [-0.39, 0.29) is 30.4 Å². The Kier molecular flexibility index (Phi) is 5.25. The summed E-state index contributed by atoms with van der Waals surface area (Å²) in [7, 11) is 0. The number of nitrogens with two attached hydrogens (primary N) is 1. The molecule has 1 unspecified atom stereocenters. The van der Waals surface area contributed by atoms with Gasteiger partial charge in [-0.3, -0.25) is 4.79 Å². The van der Waals surface area contributed by atoms with Crippen LogP contribution in [0.15, 0.2) is 5.38 Å². The van der Waals surface area contributed by atoms with Gasteiger partial charge in [-0.05, 0) is 6.92 Å².